The Balaban J connectivity index is 1.52. The predicted molar refractivity (Wildman–Crippen MR) is 118 cm³/mol. The van der Waals surface area contributed by atoms with Crippen LogP contribution in [0.15, 0.2) is 72.5 Å². The zero-order valence-electron chi connectivity index (χ0n) is 17.4. The van der Waals surface area contributed by atoms with Gasteiger partial charge in [0.2, 0.25) is 5.78 Å². The molecule has 0 N–H and O–H groups in total. The summed E-state index contributed by atoms with van der Waals surface area (Å²) in [4.78, 5) is 24.4. The van der Waals surface area contributed by atoms with Gasteiger partial charge in [0.05, 0.1) is 12.2 Å². The first-order chi connectivity index (χ1) is 15.0. The Hall–Kier alpha value is -3.86. The van der Waals surface area contributed by atoms with Crippen LogP contribution in [0.2, 0.25) is 0 Å². The van der Waals surface area contributed by atoms with Gasteiger partial charge in [0, 0.05) is 6.07 Å². The number of hydrogen-bond donors (Lipinski definition) is 0. The molecule has 5 nitrogen and oxygen atoms in total. The van der Waals surface area contributed by atoms with E-state index in [2.05, 4.69) is 12.1 Å². The average molecular weight is 414 g/mol. The summed E-state index contributed by atoms with van der Waals surface area (Å²) in [5.41, 5.74) is 4.34. The quantitative estimate of drug-likeness (QED) is 0.409. The van der Waals surface area contributed by atoms with Crippen molar-refractivity contribution in [2.45, 2.75) is 13.8 Å². The maximum atomic E-state index is 12.9. The molecule has 3 aromatic rings. The largest absolute Gasteiger partial charge is 0.482 e. The summed E-state index contributed by atoms with van der Waals surface area (Å²) in [5.74, 6) is 0.517. The summed E-state index contributed by atoms with van der Waals surface area (Å²) in [7, 11) is 0. The SMILES string of the molecule is CCOC(=O)COc1cc(C)c2c(c1)O/C(=C\c1ccc(-c3ccccc3)cc1)C2=O. The van der Waals surface area contributed by atoms with Crippen LogP contribution in [-0.2, 0) is 9.53 Å². The van der Waals surface area contributed by atoms with E-state index < -0.39 is 5.97 Å². The molecule has 156 valence electrons. The van der Waals surface area contributed by atoms with Crippen molar-refractivity contribution >= 4 is 17.8 Å². The second-order valence-electron chi connectivity index (χ2n) is 7.13. The molecule has 0 unspecified atom stereocenters. The van der Waals surface area contributed by atoms with E-state index in [1.165, 1.54) is 0 Å². The number of hydrogen-bond acceptors (Lipinski definition) is 5. The lowest BCUT2D eigenvalue weighted by Gasteiger charge is -2.08. The van der Waals surface area contributed by atoms with Gasteiger partial charge in [0.25, 0.3) is 0 Å². The van der Waals surface area contributed by atoms with Crippen molar-refractivity contribution in [1.29, 1.82) is 0 Å². The van der Waals surface area contributed by atoms with Crippen LogP contribution in [0, 0.1) is 6.92 Å². The highest BCUT2D eigenvalue weighted by atomic mass is 16.6. The number of ketones is 1. The molecule has 0 fully saturated rings. The van der Waals surface area contributed by atoms with Gasteiger partial charge >= 0.3 is 5.97 Å². The minimum atomic E-state index is -0.447. The fraction of sp³-hybridized carbons (Fsp3) is 0.154. The zero-order valence-corrected chi connectivity index (χ0v) is 17.4. The molecule has 5 heteroatoms. The smallest absolute Gasteiger partial charge is 0.344 e. The molecule has 0 amide bonds. The summed E-state index contributed by atoms with van der Waals surface area (Å²) in [6.45, 7) is 3.65. The highest BCUT2D eigenvalue weighted by Gasteiger charge is 2.30. The third-order valence-corrected chi connectivity index (χ3v) is 4.92. The third-order valence-electron chi connectivity index (χ3n) is 4.92. The Morgan fingerprint density at radius 3 is 2.42 bits per heavy atom. The molecule has 0 aromatic heterocycles. The number of benzene rings is 3. The van der Waals surface area contributed by atoms with E-state index in [0.717, 1.165) is 22.3 Å². The van der Waals surface area contributed by atoms with Crippen LogP contribution < -0.4 is 9.47 Å². The number of rotatable bonds is 6. The van der Waals surface area contributed by atoms with Crippen molar-refractivity contribution in [1.82, 2.24) is 0 Å². The highest BCUT2D eigenvalue weighted by molar-refractivity contribution is 6.15. The van der Waals surface area contributed by atoms with Crippen molar-refractivity contribution in [2.24, 2.45) is 0 Å². The van der Waals surface area contributed by atoms with Crippen LogP contribution >= 0.6 is 0 Å². The van der Waals surface area contributed by atoms with E-state index in [4.69, 9.17) is 14.2 Å². The third kappa shape index (κ3) is 4.51. The number of Topliss-reactive ketones (excluding diaryl/α,β-unsaturated/α-hetero) is 1. The summed E-state index contributed by atoms with van der Waals surface area (Å²) < 4.78 is 16.2. The van der Waals surface area contributed by atoms with Gasteiger partial charge in [-0.1, -0.05) is 54.6 Å². The lowest BCUT2D eigenvalue weighted by Crippen LogP contribution is -2.14. The summed E-state index contributed by atoms with van der Waals surface area (Å²) in [6, 6.07) is 21.4. The van der Waals surface area contributed by atoms with Crippen LogP contribution in [0.4, 0.5) is 0 Å². The van der Waals surface area contributed by atoms with E-state index in [-0.39, 0.29) is 18.1 Å². The average Bonchev–Trinajstić information content (AvgIpc) is 3.09. The molecule has 0 atom stereocenters. The number of fused-ring (bicyclic) bond motifs is 1. The minimum Gasteiger partial charge on any atom is -0.482 e. The topological polar surface area (TPSA) is 61.8 Å². The first-order valence-corrected chi connectivity index (χ1v) is 10.1. The number of carbonyl (C=O) groups excluding carboxylic acids is 2. The monoisotopic (exact) mass is 414 g/mol. The van der Waals surface area contributed by atoms with Gasteiger partial charge in [-0.3, -0.25) is 4.79 Å². The summed E-state index contributed by atoms with van der Waals surface area (Å²) in [6.07, 6.45) is 1.73. The fourth-order valence-corrected chi connectivity index (χ4v) is 3.46. The highest BCUT2D eigenvalue weighted by Crippen LogP contribution is 2.37. The van der Waals surface area contributed by atoms with E-state index >= 15 is 0 Å². The molecule has 3 aromatic carbocycles. The standard InChI is InChI=1S/C26H22O5/c1-3-29-24(27)16-30-21-13-17(2)25-22(15-21)31-23(26(25)28)14-18-9-11-20(12-10-18)19-7-5-4-6-8-19/h4-15H,3,16H2,1-2H3/b23-14-. The molecule has 4 rings (SSSR count). The summed E-state index contributed by atoms with van der Waals surface area (Å²) >= 11 is 0. The van der Waals surface area contributed by atoms with Crippen molar-refractivity contribution < 1.29 is 23.8 Å². The van der Waals surface area contributed by atoms with Crippen LogP contribution in [0.5, 0.6) is 11.5 Å². The molecular formula is C26H22O5. The summed E-state index contributed by atoms with van der Waals surface area (Å²) in [5, 5.41) is 0. The van der Waals surface area contributed by atoms with E-state index in [1.54, 1.807) is 25.1 Å². The van der Waals surface area contributed by atoms with Gasteiger partial charge in [0.15, 0.2) is 12.4 Å². The molecule has 1 aliphatic heterocycles. The second-order valence-corrected chi connectivity index (χ2v) is 7.13. The lowest BCUT2D eigenvalue weighted by molar-refractivity contribution is -0.145. The zero-order chi connectivity index (χ0) is 21.8. The Bertz CT molecular complexity index is 1140. The second kappa shape index (κ2) is 8.88. The normalized spacial score (nSPS) is 13.6. The van der Waals surface area contributed by atoms with E-state index in [0.29, 0.717) is 23.7 Å². The van der Waals surface area contributed by atoms with Crippen LogP contribution in [-0.4, -0.2) is 25.0 Å². The van der Waals surface area contributed by atoms with E-state index in [1.807, 2.05) is 49.4 Å². The molecule has 0 aliphatic carbocycles. The van der Waals surface area contributed by atoms with Crippen molar-refractivity contribution in [3.63, 3.8) is 0 Å². The Morgan fingerprint density at radius 2 is 1.71 bits per heavy atom. The number of allylic oxidation sites excluding steroid dienone is 1. The number of aryl methyl sites for hydroxylation is 1. The molecule has 0 radical (unpaired) electrons. The van der Waals surface area contributed by atoms with Gasteiger partial charge in [-0.15, -0.1) is 0 Å². The van der Waals surface area contributed by atoms with Crippen LogP contribution in [0.1, 0.15) is 28.4 Å². The molecule has 0 bridgehead atoms. The van der Waals surface area contributed by atoms with Gasteiger partial charge in [-0.2, -0.15) is 0 Å². The Morgan fingerprint density at radius 1 is 1.00 bits per heavy atom. The molecule has 31 heavy (non-hydrogen) atoms. The minimum absolute atomic E-state index is 0.170. The lowest BCUT2D eigenvalue weighted by atomic mass is 10.0. The maximum Gasteiger partial charge on any atom is 0.344 e. The van der Waals surface area contributed by atoms with Crippen molar-refractivity contribution in [2.75, 3.05) is 13.2 Å². The number of esters is 1. The Kier molecular flexibility index (Phi) is 5.85. The number of ether oxygens (including phenoxy) is 3. The van der Waals surface area contributed by atoms with Gasteiger partial charge in [-0.25, -0.2) is 4.79 Å². The van der Waals surface area contributed by atoms with E-state index in [9.17, 15) is 9.59 Å². The molecule has 0 saturated carbocycles. The Labute approximate surface area is 180 Å². The molecule has 0 saturated heterocycles. The molecule has 1 aliphatic rings. The first-order valence-electron chi connectivity index (χ1n) is 10.1. The number of carbonyl (C=O) groups is 2. The molecule has 0 spiro atoms. The first kappa shape index (κ1) is 20.4. The maximum absolute atomic E-state index is 12.9. The van der Waals surface area contributed by atoms with Gasteiger partial charge < -0.3 is 14.2 Å². The van der Waals surface area contributed by atoms with Gasteiger partial charge in [0.1, 0.15) is 11.5 Å². The van der Waals surface area contributed by atoms with Crippen molar-refractivity contribution in [3.8, 4) is 22.6 Å². The van der Waals surface area contributed by atoms with Gasteiger partial charge in [-0.05, 0) is 48.2 Å². The molecular weight excluding hydrogens is 392 g/mol. The van der Waals surface area contributed by atoms with Crippen LogP contribution in [0.25, 0.3) is 17.2 Å². The predicted octanol–water partition coefficient (Wildman–Crippen LogP) is 5.22. The molecule has 1 heterocycles. The van der Waals surface area contributed by atoms with Crippen LogP contribution in [0.3, 0.4) is 0 Å². The fourth-order valence-electron chi connectivity index (χ4n) is 3.46. The van der Waals surface area contributed by atoms with Crippen molar-refractivity contribution in [3.05, 3.63) is 89.2 Å².